The highest BCUT2D eigenvalue weighted by molar-refractivity contribution is 6.04. The number of methoxy groups -OCH3 is 1. The minimum absolute atomic E-state index is 0.179. The molecule has 8 heteroatoms. The number of anilines is 1. The number of amides is 1. The van der Waals surface area contributed by atoms with E-state index in [0.29, 0.717) is 17.0 Å². The molecule has 0 saturated heterocycles. The van der Waals surface area contributed by atoms with Crippen LogP contribution in [0.4, 0.5) is 18.9 Å². The molecule has 0 unspecified atom stereocenters. The number of hydrogen-bond acceptors (Lipinski definition) is 4. The SMILES string of the molecule is COc1ccc2nc(C(=O)Nc3ccc(OC(F)(F)F)cc3)ccc2c1. The fraction of sp³-hybridized carbons (Fsp3) is 0.111. The summed E-state index contributed by atoms with van der Waals surface area (Å²) in [5.41, 5.74) is 1.12. The number of alkyl halides is 3. The van der Waals surface area contributed by atoms with Crippen LogP contribution in [0, 0.1) is 0 Å². The van der Waals surface area contributed by atoms with Crippen LogP contribution in [-0.4, -0.2) is 24.4 Å². The summed E-state index contributed by atoms with van der Waals surface area (Å²) in [5.74, 6) is -0.168. The van der Waals surface area contributed by atoms with Gasteiger partial charge >= 0.3 is 6.36 Å². The highest BCUT2D eigenvalue weighted by Gasteiger charge is 2.30. The van der Waals surface area contributed by atoms with E-state index in [2.05, 4.69) is 15.0 Å². The number of pyridine rings is 1. The second kappa shape index (κ2) is 6.91. The van der Waals surface area contributed by atoms with Crippen molar-refractivity contribution < 1.29 is 27.4 Å². The zero-order chi connectivity index (χ0) is 18.7. The maximum atomic E-state index is 12.3. The largest absolute Gasteiger partial charge is 0.573 e. The van der Waals surface area contributed by atoms with Crippen LogP contribution in [0.15, 0.2) is 54.6 Å². The van der Waals surface area contributed by atoms with Gasteiger partial charge in [-0.2, -0.15) is 0 Å². The number of carbonyl (C=O) groups is 1. The van der Waals surface area contributed by atoms with Crippen LogP contribution in [0.3, 0.4) is 0 Å². The molecule has 0 spiro atoms. The molecule has 3 aromatic rings. The summed E-state index contributed by atoms with van der Waals surface area (Å²) >= 11 is 0. The number of benzene rings is 2. The molecule has 1 aromatic heterocycles. The molecule has 0 bridgehead atoms. The molecular formula is C18H13F3N2O3. The molecule has 0 saturated carbocycles. The van der Waals surface area contributed by atoms with Crippen molar-refractivity contribution in [1.29, 1.82) is 0 Å². The number of nitrogens with one attached hydrogen (secondary N) is 1. The van der Waals surface area contributed by atoms with E-state index in [1.54, 1.807) is 37.4 Å². The zero-order valence-electron chi connectivity index (χ0n) is 13.5. The number of fused-ring (bicyclic) bond motifs is 1. The maximum Gasteiger partial charge on any atom is 0.573 e. The van der Waals surface area contributed by atoms with E-state index >= 15 is 0 Å². The van der Waals surface area contributed by atoms with Crippen LogP contribution in [0.5, 0.6) is 11.5 Å². The monoisotopic (exact) mass is 362 g/mol. The molecule has 0 aliphatic rings. The molecule has 3 rings (SSSR count). The first-order valence-electron chi connectivity index (χ1n) is 7.46. The van der Waals surface area contributed by atoms with Crippen LogP contribution in [-0.2, 0) is 0 Å². The number of ether oxygens (including phenoxy) is 2. The van der Waals surface area contributed by atoms with Gasteiger partial charge in [0.05, 0.1) is 12.6 Å². The third kappa shape index (κ3) is 4.21. The number of hydrogen-bond donors (Lipinski definition) is 1. The van der Waals surface area contributed by atoms with Gasteiger partial charge in [0.1, 0.15) is 17.2 Å². The number of halogens is 3. The number of rotatable bonds is 4. The van der Waals surface area contributed by atoms with E-state index < -0.39 is 12.3 Å². The third-order valence-corrected chi connectivity index (χ3v) is 3.47. The van der Waals surface area contributed by atoms with Gasteiger partial charge in [-0.3, -0.25) is 4.79 Å². The van der Waals surface area contributed by atoms with E-state index in [1.165, 1.54) is 12.1 Å². The molecule has 1 heterocycles. The summed E-state index contributed by atoms with van der Waals surface area (Å²) in [5, 5.41) is 3.39. The maximum absolute atomic E-state index is 12.3. The molecule has 1 N–H and O–H groups in total. The molecule has 1 amide bonds. The standard InChI is InChI=1S/C18H13F3N2O3/c1-25-14-7-9-15-11(10-14)2-8-16(23-15)17(24)22-12-3-5-13(6-4-12)26-18(19,20)21/h2-10H,1H3,(H,22,24). The first kappa shape index (κ1) is 17.5. The fourth-order valence-electron chi connectivity index (χ4n) is 2.29. The molecule has 0 aliphatic carbocycles. The summed E-state index contributed by atoms with van der Waals surface area (Å²) in [4.78, 5) is 16.6. The molecule has 0 radical (unpaired) electrons. The van der Waals surface area contributed by atoms with Crippen LogP contribution in [0.25, 0.3) is 10.9 Å². The van der Waals surface area contributed by atoms with Crippen molar-refractivity contribution >= 4 is 22.5 Å². The van der Waals surface area contributed by atoms with Crippen LogP contribution < -0.4 is 14.8 Å². The van der Waals surface area contributed by atoms with Crippen molar-refractivity contribution in [3.05, 3.63) is 60.3 Å². The summed E-state index contributed by atoms with van der Waals surface area (Å²) in [6.45, 7) is 0. The quantitative estimate of drug-likeness (QED) is 0.748. The predicted molar refractivity (Wildman–Crippen MR) is 89.4 cm³/mol. The molecule has 26 heavy (non-hydrogen) atoms. The lowest BCUT2D eigenvalue weighted by Crippen LogP contribution is -2.17. The minimum Gasteiger partial charge on any atom is -0.497 e. The smallest absolute Gasteiger partial charge is 0.497 e. The average molecular weight is 362 g/mol. The topological polar surface area (TPSA) is 60.5 Å². The molecule has 5 nitrogen and oxygen atoms in total. The molecule has 0 atom stereocenters. The highest BCUT2D eigenvalue weighted by atomic mass is 19.4. The van der Waals surface area contributed by atoms with Crippen molar-refractivity contribution in [3.8, 4) is 11.5 Å². The minimum atomic E-state index is -4.76. The van der Waals surface area contributed by atoms with Gasteiger partial charge in [-0.15, -0.1) is 13.2 Å². The normalized spacial score (nSPS) is 11.2. The van der Waals surface area contributed by atoms with E-state index in [4.69, 9.17) is 4.74 Å². The van der Waals surface area contributed by atoms with Gasteiger partial charge in [0.2, 0.25) is 0 Å². The van der Waals surface area contributed by atoms with Crippen molar-refractivity contribution in [3.63, 3.8) is 0 Å². The number of nitrogens with zero attached hydrogens (tertiary/aromatic N) is 1. The van der Waals surface area contributed by atoms with Gasteiger partial charge in [-0.25, -0.2) is 4.98 Å². The van der Waals surface area contributed by atoms with E-state index in [9.17, 15) is 18.0 Å². The van der Waals surface area contributed by atoms with Crippen molar-refractivity contribution in [2.45, 2.75) is 6.36 Å². The Morgan fingerprint density at radius 1 is 1.00 bits per heavy atom. The number of carbonyl (C=O) groups excluding carboxylic acids is 1. The number of aromatic nitrogens is 1. The van der Waals surface area contributed by atoms with Gasteiger partial charge in [-0.05, 0) is 48.5 Å². The lowest BCUT2D eigenvalue weighted by Gasteiger charge is -2.10. The second-order valence-electron chi connectivity index (χ2n) is 5.28. The zero-order valence-corrected chi connectivity index (χ0v) is 13.5. The predicted octanol–water partition coefficient (Wildman–Crippen LogP) is 4.39. The Morgan fingerprint density at radius 3 is 2.35 bits per heavy atom. The van der Waals surface area contributed by atoms with Crippen LogP contribution in [0.1, 0.15) is 10.5 Å². The van der Waals surface area contributed by atoms with Gasteiger partial charge in [0.25, 0.3) is 5.91 Å². The lowest BCUT2D eigenvalue weighted by molar-refractivity contribution is -0.274. The highest BCUT2D eigenvalue weighted by Crippen LogP contribution is 2.24. The molecular weight excluding hydrogens is 349 g/mol. The van der Waals surface area contributed by atoms with Crippen molar-refractivity contribution in [1.82, 2.24) is 4.98 Å². The molecule has 0 aliphatic heterocycles. The van der Waals surface area contributed by atoms with Crippen molar-refractivity contribution in [2.24, 2.45) is 0 Å². The Labute approximate surface area is 146 Å². The summed E-state index contributed by atoms with van der Waals surface area (Å²) < 4.78 is 45.3. The van der Waals surface area contributed by atoms with Gasteiger partial charge < -0.3 is 14.8 Å². The Morgan fingerprint density at radius 2 is 1.69 bits per heavy atom. The summed E-state index contributed by atoms with van der Waals surface area (Å²) in [7, 11) is 1.56. The van der Waals surface area contributed by atoms with Crippen LogP contribution in [0.2, 0.25) is 0 Å². The Balaban J connectivity index is 1.74. The molecule has 2 aromatic carbocycles. The van der Waals surface area contributed by atoms with E-state index in [1.807, 2.05) is 0 Å². The van der Waals surface area contributed by atoms with Crippen molar-refractivity contribution in [2.75, 3.05) is 12.4 Å². The third-order valence-electron chi connectivity index (χ3n) is 3.47. The Hall–Kier alpha value is -3.29. The first-order chi connectivity index (χ1) is 12.3. The average Bonchev–Trinajstić information content (AvgIpc) is 2.61. The fourth-order valence-corrected chi connectivity index (χ4v) is 2.29. The summed E-state index contributed by atoms with van der Waals surface area (Å²) in [6, 6.07) is 13.4. The Bertz CT molecular complexity index is 941. The van der Waals surface area contributed by atoms with E-state index in [0.717, 1.165) is 17.5 Å². The van der Waals surface area contributed by atoms with Gasteiger partial charge in [0.15, 0.2) is 0 Å². The van der Waals surface area contributed by atoms with E-state index in [-0.39, 0.29) is 11.4 Å². The molecule has 0 fully saturated rings. The lowest BCUT2D eigenvalue weighted by atomic mass is 10.2. The summed E-state index contributed by atoms with van der Waals surface area (Å²) in [6.07, 6.45) is -4.76. The second-order valence-corrected chi connectivity index (χ2v) is 5.28. The van der Waals surface area contributed by atoms with Gasteiger partial charge in [0, 0.05) is 11.1 Å². The van der Waals surface area contributed by atoms with Crippen LogP contribution >= 0.6 is 0 Å². The Kier molecular flexibility index (Phi) is 4.66. The first-order valence-corrected chi connectivity index (χ1v) is 7.46. The molecule has 134 valence electrons. The van der Waals surface area contributed by atoms with Gasteiger partial charge in [-0.1, -0.05) is 6.07 Å².